The first-order valence-corrected chi connectivity index (χ1v) is 7.52. The minimum absolute atomic E-state index is 0.00899. The van der Waals surface area contributed by atoms with Crippen molar-refractivity contribution in [3.05, 3.63) is 0 Å². The number of carbonyl (C=O) groups excluding carboxylic acids is 1. The number of ether oxygens (including phenoxy) is 1. The molecule has 1 aliphatic carbocycles. The Morgan fingerprint density at radius 1 is 1.06 bits per heavy atom. The molecule has 0 aromatic carbocycles. The lowest BCUT2D eigenvalue weighted by Gasteiger charge is -2.31. The Balaban J connectivity index is 0.00000137. The predicted octanol–water partition coefficient (Wildman–Crippen LogP) is 4.82. The zero-order valence-corrected chi connectivity index (χ0v) is 13.4. The van der Waals surface area contributed by atoms with Crippen LogP contribution in [-0.2, 0) is 9.53 Å². The summed E-state index contributed by atoms with van der Waals surface area (Å²) in [6, 6.07) is 0. The van der Waals surface area contributed by atoms with E-state index in [1.165, 1.54) is 12.8 Å². The van der Waals surface area contributed by atoms with Gasteiger partial charge in [0.25, 0.3) is 0 Å². The summed E-state index contributed by atoms with van der Waals surface area (Å²) >= 11 is 0. The molecule has 0 spiro atoms. The molecule has 0 aromatic rings. The average molecular weight is 256 g/mol. The van der Waals surface area contributed by atoms with E-state index in [-0.39, 0.29) is 17.5 Å². The molecule has 1 saturated carbocycles. The molecule has 0 saturated heterocycles. The van der Waals surface area contributed by atoms with E-state index in [2.05, 4.69) is 13.8 Å². The van der Waals surface area contributed by atoms with Gasteiger partial charge in [-0.15, -0.1) is 0 Å². The van der Waals surface area contributed by atoms with Crippen molar-refractivity contribution in [1.29, 1.82) is 0 Å². The molecule has 0 N–H and O–H groups in total. The van der Waals surface area contributed by atoms with Crippen LogP contribution in [0.3, 0.4) is 0 Å². The normalized spacial score (nSPS) is 24.2. The Kier molecular flexibility index (Phi) is 7.58. The van der Waals surface area contributed by atoms with Crippen LogP contribution in [0.25, 0.3) is 0 Å². The van der Waals surface area contributed by atoms with Crippen molar-refractivity contribution in [3.63, 3.8) is 0 Å². The van der Waals surface area contributed by atoms with Gasteiger partial charge >= 0.3 is 5.97 Å². The summed E-state index contributed by atoms with van der Waals surface area (Å²) in [6.45, 7) is 14.4. The van der Waals surface area contributed by atoms with Gasteiger partial charge in [0.05, 0.1) is 5.92 Å². The lowest BCUT2D eigenvalue weighted by atomic mass is 9.77. The van der Waals surface area contributed by atoms with Crippen molar-refractivity contribution >= 4 is 5.97 Å². The molecule has 0 radical (unpaired) electrons. The molecule has 0 aliphatic heterocycles. The van der Waals surface area contributed by atoms with Crippen LogP contribution in [0.5, 0.6) is 0 Å². The summed E-state index contributed by atoms with van der Waals surface area (Å²) < 4.78 is 5.43. The molecule has 1 fully saturated rings. The molecule has 2 heteroatoms. The zero-order valence-electron chi connectivity index (χ0n) is 13.4. The van der Waals surface area contributed by atoms with Gasteiger partial charge in [-0.2, -0.15) is 0 Å². The minimum atomic E-state index is -0.341. The Hall–Kier alpha value is -0.530. The number of hydrogen-bond donors (Lipinski definition) is 0. The molecule has 0 aromatic heterocycles. The standard InChI is InChI=1S/C14H26O2.C2H6/c1-10(2)11-6-8-12(9-7-11)13(15)16-14(3,4)5;1-2/h10-12H,6-9H2,1-5H3;1-2H3. The number of carbonyl (C=O) groups is 1. The molecule has 0 atom stereocenters. The molecule has 1 rings (SSSR count). The first-order valence-electron chi connectivity index (χ1n) is 7.52. The Morgan fingerprint density at radius 3 is 1.83 bits per heavy atom. The fourth-order valence-electron chi connectivity index (χ4n) is 2.41. The molecular weight excluding hydrogens is 224 g/mol. The average Bonchev–Trinajstić information content (AvgIpc) is 2.29. The van der Waals surface area contributed by atoms with E-state index in [1.807, 2.05) is 34.6 Å². The second kappa shape index (κ2) is 7.81. The Bertz CT molecular complexity index is 230. The fraction of sp³-hybridized carbons (Fsp3) is 0.938. The quantitative estimate of drug-likeness (QED) is 0.662. The van der Waals surface area contributed by atoms with Crippen molar-refractivity contribution < 1.29 is 9.53 Å². The van der Waals surface area contributed by atoms with Gasteiger partial charge < -0.3 is 4.74 Å². The maximum atomic E-state index is 11.9. The van der Waals surface area contributed by atoms with Crippen molar-refractivity contribution in [1.82, 2.24) is 0 Å². The van der Waals surface area contributed by atoms with Gasteiger partial charge in [0, 0.05) is 0 Å². The first kappa shape index (κ1) is 17.5. The summed E-state index contributed by atoms with van der Waals surface area (Å²) in [6.07, 6.45) is 4.39. The third kappa shape index (κ3) is 6.42. The van der Waals surface area contributed by atoms with Crippen LogP contribution in [0.4, 0.5) is 0 Å². The van der Waals surface area contributed by atoms with Crippen molar-refractivity contribution in [2.45, 2.75) is 79.8 Å². The number of hydrogen-bond acceptors (Lipinski definition) is 2. The Morgan fingerprint density at radius 2 is 1.50 bits per heavy atom. The molecule has 1 aliphatic rings. The molecule has 0 heterocycles. The maximum Gasteiger partial charge on any atom is 0.309 e. The van der Waals surface area contributed by atoms with E-state index in [0.717, 1.165) is 24.7 Å². The molecule has 0 bridgehead atoms. The second-order valence-electron chi connectivity index (χ2n) is 6.39. The smallest absolute Gasteiger partial charge is 0.309 e. The van der Waals surface area contributed by atoms with E-state index in [0.29, 0.717) is 0 Å². The summed E-state index contributed by atoms with van der Waals surface area (Å²) in [4.78, 5) is 11.9. The van der Waals surface area contributed by atoms with Gasteiger partial charge in [-0.1, -0.05) is 27.7 Å². The minimum Gasteiger partial charge on any atom is -0.460 e. The number of rotatable bonds is 2. The van der Waals surface area contributed by atoms with Gasteiger partial charge in [-0.05, 0) is 58.3 Å². The van der Waals surface area contributed by atoms with Gasteiger partial charge in [0.15, 0.2) is 0 Å². The van der Waals surface area contributed by atoms with Crippen LogP contribution >= 0.6 is 0 Å². The highest BCUT2D eigenvalue weighted by Gasteiger charge is 2.30. The second-order valence-corrected chi connectivity index (χ2v) is 6.39. The van der Waals surface area contributed by atoms with Gasteiger partial charge in [0.1, 0.15) is 5.60 Å². The lowest BCUT2D eigenvalue weighted by molar-refractivity contribution is -0.161. The summed E-state index contributed by atoms with van der Waals surface area (Å²) in [5, 5.41) is 0. The van der Waals surface area contributed by atoms with Crippen LogP contribution in [0, 0.1) is 17.8 Å². The third-order valence-corrected chi connectivity index (χ3v) is 3.45. The van der Waals surface area contributed by atoms with E-state index in [1.54, 1.807) is 0 Å². The molecule has 0 amide bonds. The van der Waals surface area contributed by atoms with Gasteiger partial charge in [0.2, 0.25) is 0 Å². The molecule has 108 valence electrons. The van der Waals surface area contributed by atoms with Crippen LogP contribution in [0.2, 0.25) is 0 Å². The molecule has 18 heavy (non-hydrogen) atoms. The maximum absolute atomic E-state index is 11.9. The lowest BCUT2D eigenvalue weighted by Crippen LogP contribution is -2.31. The van der Waals surface area contributed by atoms with Gasteiger partial charge in [-0.3, -0.25) is 4.79 Å². The highest BCUT2D eigenvalue weighted by atomic mass is 16.6. The predicted molar refractivity (Wildman–Crippen MR) is 77.5 cm³/mol. The topological polar surface area (TPSA) is 26.3 Å². The van der Waals surface area contributed by atoms with Crippen LogP contribution in [0.1, 0.15) is 74.1 Å². The largest absolute Gasteiger partial charge is 0.460 e. The zero-order chi connectivity index (χ0) is 14.3. The number of esters is 1. The van der Waals surface area contributed by atoms with Crippen LogP contribution < -0.4 is 0 Å². The monoisotopic (exact) mass is 256 g/mol. The first-order chi connectivity index (χ1) is 8.29. The summed E-state index contributed by atoms with van der Waals surface area (Å²) in [5.74, 6) is 1.71. The van der Waals surface area contributed by atoms with Crippen molar-refractivity contribution in [2.75, 3.05) is 0 Å². The summed E-state index contributed by atoms with van der Waals surface area (Å²) in [7, 11) is 0. The van der Waals surface area contributed by atoms with E-state index < -0.39 is 0 Å². The van der Waals surface area contributed by atoms with E-state index in [9.17, 15) is 4.79 Å². The molecule has 0 unspecified atom stereocenters. The van der Waals surface area contributed by atoms with Gasteiger partial charge in [-0.25, -0.2) is 0 Å². The van der Waals surface area contributed by atoms with Crippen molar-refractivity contribution in [2.24, 2.45) is 17.8 Å². The van der Waals surface area contributed by atoms with Crippen LogP contribution in [-0.4, -0.2) is 11.6 Å². The highest BCUT2D eigenvalue weighted by molar-refractivity contribution is 5.72. The molecule has 2 nitrogen and oxygen atoms in total. The molecular formula is C16H32O2. The van der Waals surface area contributed by atoms with E-state index >= 15 is 0 Å². The summed E-state index contributed by atoms with van der Waals surface area (Å²) in [5.41, 5.74) is -0.341. The Labute approximate surface area is 113 Å². The highest BCUT2D eigenvalue weighted by Crippen LogP contribution is 2.34. The fourth-order valence-corrected chi connectivity index (χ4v) is 2.41. The third-order valence-electron chi connectivity index (χ3n) is 3.45. The van der Waals surface area contributed by atoms with Crippen molar-refractivity contribution in [3.8, 4) is 0 Å². The van der Waals surface area contributed by atoms with E-state index in [4.69, 9.17) is 4.74 Å². The van der Waals surface area contributed by atoms with Crippen LogP contribution in [0.15, 0.2) is 0 Å². The SMILES string of the molecule is CC.CC(C)C1CCC(C(=O)OC(C)(C)C)CC1.